The van der Waals surface area contributed by atoms with Crippen molar-refractivity contribution in [1.29, 1.82) is 0 Å². The summed E-state index contributed by atoms with van der Waals surface area (Å²) in [5, 5.41) is 13.4. The van der Waals surface area contributed by atoms with Gasteiger partial charge in [-0.15, -0.1) is 0 Å². The van der Waals surface area contributed by atoms with Crippen LogP contribution in [0.3, 0.4) is 0 Å². The first-order valence-electron chi connectivity index (χ1n) is 8.64. The first-order valence-corrected chi connectivity index (χ1v) is 8.64. The Balaban J connectivity index is 2.00. The van der Waals surface area contributed by atoms with Gasteiger partial charge < -0.3 is 15.0 Å². The van der Waals surface area contributed by atoms with Gasteiger partial charge in [-0.1, -0.05) is 19.9 Å². The van der Waals surface area contributed by atoms with Crippen molar-refractivity contribution in [3.63, 3.8) is 0 Å². The second-order valence-electron chi connectivity index (χ2n) is 6.56. The van der Waals surface area contributed by atoms with E-state index in [2.05, 4.69) is 10.3 Å². The zero-order chi connectivity index (χ0) is 20.7. The van der Waals surface area contributed by atoms with Gasteiger partial charge in [0.25, 0.3) is 5.69 Å². The van der Waals surface area contributed by atoms with Crippen molar-refractivity contribution >= 4 is 17.7 Å². The molecule has 0 saturated carbocycles. The molecule has 1 aromatic heterocycles. The van der Waals surface area contributed by atoms with Crippen LogP contribution in [0, 0.1) is 16.0 Å². The van der Waals surface area contributed by atoms with E-state index >= 15 is 0 Å². The number of urea groups is 1. The first-order chi connectivity index (χ1) is 13.3. The van der Waals surface area contributed by atoms with Crippen molar-refractivity contribution in [3.8, 4) is 5.75 Å². The summed E-state index contributed by atoms with van der Waals surface area (Å²) in [6.45, 7) is 3.90. The molecule has 148 valence electrons. The number of nitrogens with one attached hydrogen (secondary N) is 1. The van der Waals surface area contributed by atoms with Crippen LogP contribution < -0.4 is 10.1 Å². The van der Waals surface area contributed by atoms with Crippen molar-refractivity contribution in [3.05, 3.63) is 64.5 Å². The number of benzene rings is 1. The van der Waals surface area contributed by atoms with Gasteiger partial charge in [-0.3, -0.25) is 15.1 Å². The van der Waals surface area contributed by atoms with Gasteiger partial charge in [-0.25, -0.2) is 9.59 Å². The number of non-ortho nitro benzene ring substituents is 1. The van der Waals surface area contributed by atoms with Crippen molar-refractivity contribution < 1.29 is 19.2 Å². The summed E-state index contributed by atoms with van der Waals surface area (Å²) in [4.78, 5) is 40.5. The Labute approximate surface area is 162 Å². The van der Waals surface area contributed by atoms with Crippen LogP contribution in [0.15, 0.2) is 48.8 Å². The highest BCUT2D eigenvalue weighted by atomic mass is 16.6. The van der Waals surface area contributed by atoms with Gasteiger partial charge in [-0.05, 0) is 29.7 Å². The maximum atomic E-state index is 12.5. The Kier molecular flexibility index (Phi) is 7.02. The number of nitro groups is 1. The van der Waals surface area contributed by atoms with E-state index < -0.39 is 23.0 Å². The molecule has 2 aromatic rings. The topological polar surface area (TPSA) is 115 Å². The molecular weight excluding hydrogens is 364 g/mol. The maximum absolute atomic E-state index is 12.5. The number of nitro benzene ring substituents is 1. The van der Waals surface area contributed by atoms with Gasteiger partial charge in [0.05, 0.1) is 4.92 Å². The number of aromatic nitrogens is 1. The standard InChI is InChI=1S/C19H22N4O5/c1-13(2)17(18(24)28-16-8-6-15(7-9-16)23(26)27)21-19(25)22(3)12-14-5-4-10-20-11-14/h4-11,13,17H,12H2,1-3H3,(H,21,25). The van der Waals surface area contributed by atoms with E-state index in [-0.39, 0.29) is 17.4 Å². The highest BCUT2D eigenvalue weighted by Crippen LogP contribution is 2.18. The lowest BCUT2D eigenvalue weighted by atomic mass is 10.1. The minimum atomic E-state index is -0.876. The van der Waals surface area contributed by atoms with Gasteiger partial charge in [0.15, 0.2) is 0 Å². The van der Waals surface area contributed by atoms with Crippen molar-refractivity contribution in [1.82, 2.24) is 15.2 Å². The number of pyridine rings is 1. The van der Waals surface area contributed by atoms with Crippen LogP contribution in [0.25, 0.3) is 0 Å². The number of ether oxygens (including phenoxy) is 1. The fourth-order valence-electron chi connectivity index (χ4n) is 2.39. The van der Waals surface area contributed by atoms with Gasteiger partial charge in [0.1, 0.15) is 11.8 Å². The number of hydrogen-bond acceptors (Lipinski definition) is 6. The third kappa shape index (κ3) is 5.76. The summed E-state index contributed by atoms with van der Waals surface area (Å²) in [6.07, 6.45) is 3.30. The number of carbonyl (C=O) groups excluding carboxylic acids is 2. The summed E-state index contributed by atoms with van der Waals surface area (Å²) in [7, 11) is 1.61. The summed E-state index contributed by atoms with van der Waals surface area (Å²) < 4.78 is 5.27. The van der Waals surface area contributed by atoms with Gasteiger partial charge in [0.2, 0.25) is 0 Å². The minimum absolute atomic E-state index is 0.106. The molecule has 9 heteroatoms. The average molecular weight is 386 g/mol. The van der Waals surface area contributed by atoms with E-state index in [1.807, 2.05) is 6.07 Å². The molecule has 0 aliphatic rings. The van der Waals surface area contributed by atoms with Crippen LogP contribution in [-0.4, -0.2) is 39.9 Å². The number of rotatable bonds is 7. The normalized spacial score (nSPS) is 11.6. The lowest BCUT2D eigenvalue weighted by Gasteiger charge is -2.24. The fraction of sp³-hybridized carbons (Fsp3) is 0.316. The Bertz CT molecular complexity index is 824. The number of amides is 2. The molecular formula is C19H22N4O5. The van der Waals surface area contributed by atoms with Crippen LogP contribution in [0.2, 0.25) is 0 Å². The van der Waals surface area contributed by atoms with E-state index in [0.717, 1.165) is 5.56 Å². The predicted octanol–water partition coefficient (Wildman–Crippen LogP) is 2.76. The number of carbonyl (C=O) groups is 2. The van der Waals surface area contributed by atoms with Crippen LogP contribution in [-0.2, 0) is 11.3 Å². The molecule has 9 nitrogen and oxygen atoms in total. The molecule has 0 radical (unpaired) electrons. The molecule has 1 heterocycles. The summed E-state index contributed by atoms with van der Waals surface area (Å²) in [5.74, 6) is -0.701. The quantitative estimate of drug-likeness (QED) is 0.339. The lowest BCUT2D eigenvalue weighted by molar-refractivity contribution is -0.384. The molecule has 2 rings (SSSR count). The molecule has 28 heavy (non-hydrogen) atoms. The van der Waals surface area contributed by atoms with Gasteiger partial charge in [0, 0.05) is 38.1 Å². The highest BCUT2D eigenvalue weighted by molar-refractivity contribution is 5.85. The van der Waals surface area contributed by atoms with Crippen molar-refractivity contribution in [2.24, 2.45) is 5.92 Å². The van der Waals surface area contributed by atoms with Crippen LogP contribution >= 0.6 is 0 Å². The molecule has 1 aromatic carbocycles. The molecule has 0 aliphatic heterocycles. The van der Waals surface area contributed by atoms with Crippen LogP contribution in [0.4, 0.5) is 10.5 Å². The zero-order valence-electron chi connectivity index (χ0n) is 15.9. The highest BCUT2D eigenvalue weighted by Gasteiger charge is 2.27. The Morgan fingerprint density at radius 2 is 1.93 bits per heavy atom. The monoisotopic (exact) mass is 386 g/mol. The smallest absolute Gasteiger partial charge is 0.334 e. The first kappa shape index (κ1) is 20.8. The fourth-order valence-corrected chi connectivity index (χ4v) is 2.39. The SMILES string of the molecule is CC(C)C(NC(=O)N(C)Cc1cccnc1)C(=O)Oc1ccc([N+](=O)[O-])cc1. The van der Waals surface area contributed by atoms with E-state index in [0.29, 0.717) is 6.54 Å². The third-order valence-electron chi connectivity index (χ3n) is 3.95. The zero-order valence-corrected chi connectivity index (χ0v) is 15.9. The number of hydrogen-bond donors (Lipinski definition) is 1. The van der Waals surface area contributed by atoms with E-state index in [9.17, 15) is 19.7 Å². The molecule has 0 aliphatic carbocycles. The van der Waals surface area contributed by atoms with E-state index in [1.165, 1.54) is 29.2 Å². The van der Waals surface area contributed by atoms with E-state index in [1.54, 1.807) is 39.4 Å². The second kappa shape index (κ2) is 9.45. The van der Waals surface area contributed by atoms with Crippen molar-refractivity contribution in [2.45, 2.75) is 26.4 Å². The Morgan fingerprint density at radius 3 is 2.46 bits per heavy atom. The molecule has 0 spiro atoms. The van der Waals surface area contributed by atoms with Crippen LogP contribution in [0.5, 0.6) is 5.75 Å². The van der Waals surface area contributed by atoms with Crippen molar-refractivity contribution in [2.75, 3.05) is 7.05 Å². The number of nitrogens with zero attached hydrogens (tertiary/aromatic N) is 3. The number of esters is 1. The Morgan fingerprint density at radius 1 is 1.25 bits per heavy atom. The molecule has 1 N–H and O–H groups in total. The summed E-state index contributed by atoms with van der Waals surface area (Å²) in [5.41, 5.74) is 0.750. The largest absolute Gasteiger partial charge is 0.425 e. The molecule has 0 bridgehead atoms. The van der Waals surface area contributed by atoms with E-state index in [4.69, 9.17) is 4.74 Å². The molecule has 0 fully saturated rings. The summed E-state index contributed by atoms with van der Waals surface area (Å²) in [6, 6.07) is 7.48. The molecule has 1 atom stereocenters. The lowest BCUT2D eigenvalue weighted by Crippen LogP contribution is -2.50. The minimum Gasteiger partial charge on any atom is -0.425 e. The van der Waals surface area contributed by atoms with Gasteiger partial charge >= 0.3 is 12.0 Å². The average Bonchev–Trinajstić information content (AvgIpc) is 2.66. The summed E-state index contributed by atoms with van der Waals surface area (Å²) >= 11 is 0. The molecule has 0 saturated heterocycles. The van der Waals surface area contributed by atoms with Gasteiger partial charge in [-0.2, -0.15) is 0 Å². The third-order valence-corrected chi connectivity index (χ3v) is 3.95. The van der Waals surface area contributed by atoms with Crippen LogP contribution in [0.1, 0.15) is 19.4 Å². The Hall–Kier alpha value is -3.49. The maximum Gasteiger partial charge on any atom is 0.334 e. The molecule has 1 unspecified atom stereocenters. The second-order valence-corrected chi connectivity index (χ2v) is 6.56. The molecule has 2 amide bonds. The predicted molar refractivity (Wildman–Crippen MR) is 102 cm³/mol.